The van der Waals surface area contributed by atoms with Crippen LogP contribution < -0.4 is 10.6 Å². The Bertz CT molecular complexity index is 1050. The number of amides is 2. The van der Waals surface area contributed by atoms with E-state index in [1.54, 1.807) is 12.3 Å². The Hall–Kier alpha value is -3.08. The lowest BCUT2D eigenvalue weighted by molar-refractivity contribution is -0.115. The van der Waals surface area contributed by atoms with Gasteiger partial charge in [-0.15, -0.1) is 0 Å². The third kappa shape index (κ3) is 4.09. The molecule has 28 heavy (non-hydrogen) atoms. The molecule has 0 bridgehead atoms. The highest BCUT2D eigenvalue weighted by Gasteiger charge is 2.15. The molecule has 0 saturated carbocycles. The van der Waals surface area contributed by atoms with E-state index in [0.717, 1.165) is 22.1 Å². The minimum absolute atomic E-state index is 0.127. The summed E-state index contributed by atoms with van der Waals surface area (Å²) >= 11 is 0. The molecule has 1 heterocycles. The minimum atomic E-state index is -0.146. The van der Waals surface area contributed by atoms with E-state index in [2.05, 4.69) is 37.5 Å². The third-order valence-corrected chi connectivity index (χ3v) is 4.93. The van der Waals surface area contributed by atoms with E-state index in [0.29, 0.717) is 17.3 Å². The smallest absolute Gasteiger partial charge is 0.228 e. The Morgan fingerprint density at radius 1 is 1.07 bits per heavy atom. The molecule has 2 amide bonds. The van der Waals surface area contributed by atoms with Gasteiger partial charge < -0.3 is 15.1 Å². The number of carbonyl (C=O) groups excluding carboxylic acids is 2. The fourth-order valence-electron chi connectivity index (χ4n) is 3.47. The normalized spacial score (nSPS) is 11.1. The molecule has 0 atom stereocenters. The van der Waals surface area contributed by atoms with E-state index in [1.165, 1.54) is 18.1 Å². The Morgan fingerprint density at radius 3 is 2.39 bits per heavy atom. The molecule has 3 aromatic rings. The molecule has 3 rings (SSSR count). The molecular weight excluding hydrogens is 352 g/mol. The zero-order valence-corrected chi connectivity index (χ0v) is 17.0. The van der Waals surface area contributed by atoms with Gasteiger partial charge in [0.2, 0.25) is 11.8 Å². The first-order chi connectivity index (χ1) is 13.3. The summed E-state index contributed by atoms with van der Waals surface area (Å²) in [5, 5.41) is 6.70. The molecule has 2 aromatic carbocycles. The Balaban J connectivity index is 1.82. The molecule has 0 spiro atoms. The number of furan rings is 1. The number of hydrogen-bond donors (Lipinski definition) is 2. The second kappa shape index (κ2) is 7.89. The first-order valence-corrected chi connectivity index (χ1v) is 9.44. The number of benzene rings is 2. The van der Waals surface area contributed by atoms with Gasteiger partial charge in [-0.05, 0) is 60.7 Å². The van der Waals surface area contributed by atoms with Crippen molar-refractivity contribution in [2.75, 3.05) is 10.6 Å². The third-order valence-electron chi connectivity index (χ3n) is 4.93. The molecule has 146 valence electrons. The van der Waals surface area contributed by atoms with E-state index < -0.39 is 0 Å². The van der Waals surface area contributed by atoms with Gasteiger partial charge in [-0.25, -0.2) is 0 Å². The summed E-state index contributed by atoms with van der Waals surface area (Å²) in [6.07, 6.45) is 1.88. The molecule has 0 fully saturated rings. The highest BCUT2D eigenvalue weighted by atomic mass is 16.3. The highest BCUT2D eigenvalue weighted by molar-refractivity contribution is 5.97. The van der Waals surface area contributed by atoms with Crippen molar-refractivity contribution in [2.24, 2.45) is 0 Å². The molecule has 0 saturated heterocycles. The van der Waals surface area contributed by atoms with Crippen LogP contribution in [-0.2, 0) is 16.0 Å². The van der Waals surface area contributed by atoms with Crippen LogP contribution in [0.5, 0.6) is 0 Å². The van der Waals surface area contributed by atoms with E-state index in [-0.39, 0.29) is 18.2 Å². The monoisotopic (exact) mass is 378 g/mol. The van der Waals surface area contributed by atoms with Gasteiger partial charge in [0.05, 0.1) is 12.7 Å². The van der Waals surface area contributed by atoms with Crippen LogP contribution in [0.3, 0.4) is 0 Å². The predicted octanol–water partition coefficient (Wildman–Crippen LogP) is 5.31. The van der Waals surface area contributed by atoms with Gasteiger partial charge in [-0.1, -0.05) is 19.9 Å². The summed E-state index contributed by atoms with van der Waals surface area (Å²) in [6.45, 7) is 9.72. The fraction of sp³-hybridized carbons (Fsp3) is 0.304. The van der Waals surface area contributed by atoms with Crippen LogP contribution in [0.1, 0.15) is 48.9 Å². The maximum Gasteiger partial charge on any atom is 0.228 e. The summed E-state index contributed by atoms with van der Waals surface area (Å²) in [6, 6.07) is 9.61. The number of nitrogens with one attached hydrogen (secondary N) is 2. The number of anilines is 2. The van der Waals surface area contributed by atoms with Gasteiger partial charge >= 0.3 is 0 Å². The molecule has 0 aliphatic heterocycles. The number of carbonyl (C=O) groups is 2. The molecule has 5 nitrogen and oxygen atoms in total. The molecule has 1 aromatic heterocycles. The van der Waals surface area contributed by atoms with Crippen molar-refractivity contribution < 1.29 is 14.0 Å². The number of fused-ring (bicyclic) bond motifs is 1. The summed E-state index contributed by atoms with van der Waals surface area (Å²) in [5.74, 6) is 0.130. The summed E-state index contributed by atoms with van der Waals surface area (Å²) in [7, 11) is 0. The van der Waals surface area contributed by atoms with Crippen molar-refractivity contribution in [3.63, 3.8) is 0 Å². The van der Waals surface area contributed by atoms with E-state index in [4.69, 9.17) is 4.42 Å². The van der Waals surface area contributed by atoms with Gasteiger partial charge in [0, 0.05) is 29.2 Å². The number of hydrogen-bond acceptors (Lipinski definition) is 3. The zero-order chi connectivity index (χ0) is 20.4. The second-order valence-electron chi connectivity index (χ2n) is 7.50. The second-order valence-corrected chi connectivity index (χ2v) is 7.50. The van der Waals surface area contributed by atoms with Crippen molar-refractivity contribution in [1.29, 1.82) is 0 Å². The Morgan fingerprint density at radius 2 is 1.75 bits per heavy atom. The van der Waals surface area contributed by atoms with E-state index in [1.807, 2.05) is 25.1 Å². The van der Waals surface area contributed by atoms with Crippen LogP contribution >= 0.6 is 0 Å². The molecule has 0 aliphatic carbocycles. The molecule has 0 unspecified atom stereocenters. The summed E-state index contributed by atoms with van der Waals surface area (Å²) in [4.78, 5) is 24.0. The number of rotatable bonds is 5. The Labute approximate surface area is 165 Å². The quantitative estimate of drug-likeness (QED) is 0.632. The SMILES string of the molecule is CC(=O)Nc1cccc(NC(=O)Cc2coc3cc(C)c(C(C)C)cc23)c1C. The van der Waals surface area contributed by atoms with E-state index in [9.17, 15) is 9.59 Å². The zero-order valence-electron chi connectivity index (χ0n) is 17.0. The van der Waals surface area contributed by atoms with Crippen molar-refractivity contribution in [3.05, 3.63) is 58.8 Å². The standard InChI is InChI=1S/C23H26N2O3/c1-13(2)18-11-19-17(12-28-22(19)9-14(18)3)10-23(27)25-21-8-6-7-20(15(21)4)24-16(5)26/h6-9,11-13H,10H2,1-5H3,(H,24,26)(H,25,27). The van der Waals surface area contributed by atoms with Crippen LogP contribution in [0.4, 0.5) is 11.4 Å². The predicted molar refractivity (Wildman–Crippen MR) is 113 cm³/mol. The molecule has 2 N–H and O–H groups in total. The van der Waals surface area contributed by atoms with Crippen LogP contribution in [0.15, 0.2) is 41.0 Å². The molecule has 0 radical (unpaired) electrons. The maximum atomic E-state index is 12.7. The topological polar surface area (TPSA) is 71.3 Å². The average Bonchev–Trinajstić information content (AvgIpc) is 2.98. The minimum Gasteiger partial charge on any atom is -0.464 e. The Kier molecular flexibility index (Phi) is 5.54. The summed E-state index contributed by atoms with van der Waals surface area (Å²) in [5.41, 5.74) is 6.31. The van der Waals surface area contributed by atoms with Crippen LogP contribution in [0.2, 0.25) is 0 Å². The lowest BCUT2D eigenvalue weighted by Gasteiger charge is -2.13. The summed E-state index contributed by atoms with van der Waals surface area (Å²) < 4.78 is 5.67. The van der Waals surface area contributed by atoms with Gasteiger partial charge in [-0.2, -0.15) is 0 Å². The van der Waals surface area contributed by atoms with Crippen LogP contribution in [-0.4, -0.2) is 11.8 Å². The van der Waals surface area contributed by atoms with E-state index >= 15 is 0 Å². The first-order valence-electron chi connectivity index (χ1n) is 9.44. The molecular formula is C23H26N2O3. The number of aryl methyl sites for hydroxylation is 1. The average molecular weight is 378 g/mol. The van der Waals surface area contributed by atoms with Crippen molar-refractivity contribution in [3.8, 4) is 0 Å². The largest absolute Gasteiger partial charge is 0.464 e. The van der Waals surface area contributed by atoms with Crippen molar-refractivity contribution in [1.82, 2.24) is 0 Å². The van der Waals surface area contributed by atoms with Gasteiger partial charge in [0.15, 0.2) is 0 Å². The van der Waals surface area contributed by atoms with Crippen LogP contribution in [0.25, 0.3) is 11.0 Å². The maximum absolute atomic E-state index is 12.7. The van der Waals surface area contributed by atoms with Crippen LogP contribution in [0, 0.1) is 13.8 Å². The van der Waals surface area contributed by atoms with Crippen molar-refractivity contribution >= 4 is 34.2 Å². The van der Waals surface area contributed by atoms with Crippen molar-refractivity contribution in [2.45, 2.75) is 47.0 Å². The lowest BCUT2D eigenvalue weighted by atomic mass is 9.95. The van der Waals surface area contributed by atoms with Gasteiger partial charge in [0.25, 0.3) is 0 Å². The fourth-order valence-corrected chi connectivity index (χ4v) is 3.47. The van der Waals surface area contributed by atoms with Gasteiger partial charge in [-0.3, -0.25) is 9.59 Å². The van der Waals surface area contributed by atoms with Gasteiger partial charge in [0.1, 0.15) is 5.58 Å². The molecule has 5 heteroatoms. The highest BCUT2D eigenvalue weighted by Crippen LogP contribution is 2.29. The first kappa shape index (κ1) is 19.7. The molecule has 0 aliphatic rings. The lowest BCUT2D eigenvalue weighted by Crippen LogP contribution is -2.16.